The zero-order chi connectivity index (χ0) is 13.0. The van der Waals surface area contributed by atoms with Crippen LogP contribution in [0.2, 0.25) is 0 Å². The zero-order valence-corrected chi connectivity index (χ0v) is 11.2. The van der Waals surface area contributed by atoms with Crippen LogP contribution in [0.25, 0.3) is 0 Å². The third-order valence-corrected chi connectivity index (χ3v) is 3.94. The fourth-order valence-electron chi connectivity index (χ4n) is 2.89. The van der Waals surface area contributed by atoms with E-state index in [1.54, 1.807) is 0 Å². The van der Waals surface area contributed by atoms with E-state index in [0.29, 0.717) is 6.42 Å². The number of rotatable bonds is 1. The second kappa shape index (κ2) is 5.89. The SMILES string of the molecule is CC1(O)CCCCC(NC(=O)N2CCNCC2)C1. The summed E-state index contributed by atoms with van der Waals surface area (Å²) in [7, 11) is 0. The number of hydrogen-bond donors (Lipinski definition) is 3. The van der Waals surface area contributed by atoms with Crippen LogP contribution < -0.4 is 10.6 Å². The van der Waals surface area contributed by atoms with Crippen molar-refractivity contribution in [3.8, 4) is 0 Å². The minimum atomic E-state index is -0.627. The van der Waals surface area contributed by atoms with Crippen molar-refractivity contribution in [2.24, 2.45) is 0 Å². The summed E-state index contributed by atoms with van der Waals surface area (Å²) in [6.07, 6.45) is 4.63. The fourth-order valence-corrected chi connectivity index (χ4v) is 2.89. The molecule has 0 aromatic rings. The first-order chi connectivity index (χ1) is 8.57. The average Bonchev–Trinajstić information content (AvgIpc) is 2.51. The lowest BCUT2D eigenvalue weighted by Crippen LogP contribution is -2.52. The monoisotopic (exact) mass is 255 g/mol. The van der Waals surface area contributed by atoms with E-state index in [9.17, 15) is 9.90 Å². The van der Waals surface area contributed by atoms with E-state index in [4.69, 9.17) is 0 Å². The van der Waals surface area contributed by atoms with Crippen LogP contribution in [0.15, 0.2) is 0 Å². The molecule has 0 radical (unpaired) electrons. The van der Waals surface area contributed by atoms with Gasteiger partial charge in [0.2, 0.25) is 0 Å². The lowest BCUT2D eigenvalue weighted by atomic mass is 9.95. The highest BCUT2D eigenvalue weighted by Gasteiger charge is 2.29. The second-order valence-corrected chi connectivity index (χ2v) is 5.83. The molecule has 2 fully saturated rings. The Morgan fingerprint density at radius 2 is 2.11 bits per heavy atom. The first-order valence-electron chi connectivity index (χ1n) is 7.05. The summed E-state index contributed by atoms with van der Waals surface area (Å²) in [6, 6.07) is 0.143. The molecule has 0 bridgehead atoms. The molecule has 1 aliphatic heterocycles. The van der Waals surface area contributed by atoms with Crippen molar-refractivity contribution in [1.82, 2.24) is 15.5 Å². The number of urea groups is 1. The summed E-state index contributed by atoms with van der Waals surface area (Å²) in [5, 5.41) is 16.5. The van der Waals surface area contributed by atoms with Crippen LogP contribution in [-0.4, -0.2) is 53.9 Å². The van der Waals surface area contributed by atoms with Crippen LogP contribution in [0.4, 0.5) is 4.79 Å². The number of amides is 2. The molecule has 5 heteroatoms. The van der Waals surface area contributed by atoms with Gasteiger partial charge in [-0.15, -0.1) is 0 Å². The predicted molar refractivity (Wildman–Crippen MR) is 70.5 cm³/mol. The fraction of sp³-hybridized carbons (Fsp3) is 0.923. The van der Waals surface area contributed by atoms with Gasteiger partial charge in [-0.25, -0.2) is 4.79 Å². The number of nitrogens with zero attached hydrogens (tertiary/aromatic N) is 1. The molecular formula is C13H25N3O2. The highest BCUT2D eigenvalue weighted by atomic mass is 16.3. The molecule has 2 unspecified atom stereocenters. The Kier molecular flexibility index (Phi) is 4.45. The third-order valence-electron chi connectivity index (χ3n) is 3.94. The van der Waals surface area contributed by atoms with Gasteiger partial charge in [0.15, 0.2) is 0 Å². The van der Waals surface area contributed by atoms with Crippen molar-refractivity contribution in [1.29, 1.82) is 0 Å². The normalized spacial score (nSPS) is 33.9. The van der Waals surface area contributed by atoms with Crippen LogP contribution in [0.1, 0.15) is 39.0 Å². The van der Waals surface area contributed by atoms with E-state index >= 15 is 0 Å². The van der Waals surface area contributed by atoms with Gasteiger partial charge in [0.1, 0.15) is 0 Å². The van der Waals surface area contributed by atoms with E-state index in [0.717, 1.165) is 51.9 Å². The van der Waals surface area contributed by atoms with Crippen molar-refractivity contribution in [2.45, 2.75) is 50.7 Å². The van der Waals surface area contributed by atoms with Crippen molar-refractivity contribution in [2.75, 3.05) is 26.2 Å². The second-order valence-electron chi connectivity index (χ2n) is 5.83. The van der Waals surface area contributed by atoms with Gasteiger partial charge in [0.05, 0.1) is 5.60 Å². The number of carbonyl (C=O) groups is 1. The molecule has 0 aromatic carbocycles. The molecule has 2 aliphatic rings. The van der Waals surface area contributed by atoms with Crippen molar-refractivity contribution in [3.63, 3.8) is 0 Å². The van der Waals surface area contributed by atoms with Gasteiger partial charge >= 0.3 is 6.03 Å². The number of hydrogen-bond acceptors (Lipinski definition) is 3. The standard InChI is InChI=1S/C13H25N3O2/c1-13(18)5-3-2-4-11(10-13)15-12(17)16-8-6-14-7-9-16/h11,14,18H,2-10H2,1H3,(H,15,17). The summed E-state index contributed by atoms with van der Waals surface area (Å²) >= 11 is 0. The molecule has 1 saturated carbocycles. The van der Waals surface area contributed by atoms with Gasteiger partial charge < -0.3 is 20.6 Å². The van der Waals surface area contributed by atoms with Crippen LogP contribution in [0.3, 0.4) is 0 Å². The molecule has 18 heavy (non-hydrogen) atoms. The van der Waals surface area contributed by atoms with E-state index < -0.39 is 5.60 Å². The molecule has 5 nitrogen and oxygen atoms in total. The average molecular weight is 255 g/mol. The van der Waals surface area contributed by atoms with E-state index in [1.165, 1.54) is 0 Å². The summed E-state index contributed by atoms with van der Waals surface area (Å²) in [6.45, 7) is 5.16. The Balaban J connectivity index is 1.85. The zero-order valence-electron chi connectivity index (χ0n) is 11.2. The molecule has 104 valence electrons. The minimum Gasteiger partial charge on any atom is -0.390 e. The van der Waals surface area contributed by atoms with Crippen LogP contribution >= 0.6 is 0 Å². The maximum atomic E-state index is 12.1. The Hall–Kier alpha value is -0.810. The van der Waals surface area contributed by atoms with Gasteiger partial charge in [0.25, 0.3) is 0 Å². The predicted octanol–water partition coefficient (Wildman–Crippen LogP) is 0.685. The van der Waals surface area contributed by atoms with Crippen LogP contribution in [0.5, 0.6) is 0 Å². The minimum absolute atomic E-state index is 0.0270. The van der Waals surface area contributed by atoms with Gasteiger partial charge in [-0.1, -0.05) is 12.8 Å². The van der Waals surface area contributed by atoms with Crippen molar-refractivity contribution in [3.05, 3.63) is 0 Å². The highest BCUT2D eigenvalue weighted by Crippen LogP contribution is 2.26. The number of nitrogens with one attached hydrogen (secondary N) is 2. The van der Waals surface area contributed by atoms with Gasteiger partial charge in [-0.05, 0) is 26.2 Å². The maximum Gasteiger partial charge on any atom is 0.317 e. The molecule has 1 aliphatic carbocycles. The molecule has 0 aromatic heterocycles. The maximum absolute atomic E-state index is 12.1. The first-order valence-corrected chi connectivity index (χ1v) is 7.05. The Morgan fingerprint density at radius 3 is 2.83 bits per heavy atom. The molecule has 0 spiro atoms. The molecule has 2 rings (SSSR count). The summed E-state index contributed by atoms with van der Waals surface area (Å²) in [5.41, 5.74) is -0.627. The Bertz CT molecular complexity index is 288. The Morgan fingerprint density at radius 1 is 1.39 bits per heavy atom. The smallest absolute Gasteiger partial charge is 0.317 e. The molecule has 2 amide bonds. The lowest BCUT2D eigenvalue weighted by Gasteiger charge is -2.31. The highest BCUT2D eigenvalue weighted by molar-refractivity contribution is 5.74. The van der Waals surface area contributed by atoms with Crippen molar-refractivity contribution < 1.29 is 9.90 Å². The molecule has 2 atom stereocenters. The van der Waals surface area contributed by atoms with Crippen LogP contribution in [0, 0.1) is 0 Å². The topological polar surface area (TPSA) is 64.6 Å². The van der Waals surface area contributed by atoms with Gasteiger partial charge in [-0.3, -0.25) is 0 Å². The molecule has 1 heterocycles. The van der Waals surface area contributed by atoms with Crippen molar-refractivity contribution >= 4 is 6.03 Å². The molecular weight excluding hydrogens is 230 g/mol. The summed E-state index contributed by atoms with van der Waals surface area (Å²) in [5.74, 6) is 0. The van der Waals surface area contributed by atoms with E-state index in [-0.39, 0.29) is 12.1 Å². The summed E-state index contributed by atoms with van der Waals surface area (Å²) < 4.78 is 0. The number of carbonyl (C=O) groups excluding carboxylic acids is 1. The molecule has 3 N–H and O–H groups in total. The van der Waals surface area contributed by atoms with E-state index in [2.05, 4.69) is 10.6 Å². The quantitative estimate of drug-likeness (QED) is 0.604. The van der Waals surface area contributed by atoms with Gasteiger partial charge in [0, 0.05) is 32.2 Å². The largest absolute Gasteiger partial charge is 0.390 e. The third kappa shape index (κ3) is 3.85. The number of aliphatic hydroxyl groups is 1. The summed E-state index contributed by atoms with van der Waals surface area (Å²) in [4.78, 5) is 14.0. The Labute approximate surface area is 109 Å². The first kappa shape index (κ1) is 13.6. The van der Waals surface area contributed by atoms with Crippen LogP contribution in [-0.2, 0) is 0 Å². The number of piperazine rings is 1. The lowest BCUT2D eigenvalue weighted by molar-refractivity contribution is 0.0376. The molecule has 1 saturated heterocycles. The van der Waals surface area contributed by atoms with E-state index in [1.807, 2.05) is 11.8 Å². The van der Waals surface area contributed by atoms with Gasteiger partial charge in [-0.2, -0.15) is 0 Å².